The molecule has 1 aliphatic carbocycles. The van der Waals surface area contributed by atoms with Gasteiger partial charge < -0.3 is 10.5 Å². The predicted molar refractivity (Wildman–Crippen MR) is 68.6 cm³/mol. The van der Waals surface area contributed by atoms with Gasteiger partial charge in [0.15, 0.2) is 0 Å². The summed E-state index contributed by atoms with van der Waals surface area (Å²) in [5.41, 5.74) is 5.59. The number of hydrogen-bond acceptors (Lipinski definition) is 3. The first-order valence-electron chi connectivity index (χ1n) is 6.79. The van der Waals surface area contributed by atoms with Gasteiger partial charge in [-0.2, -0.15) is 0 Å². The van der Waals surface area contributed by atoms with E-state index in [1.165, 1.54) is 25.7 Å². The second-order valence-electron chi connectivity index (χ2n) is 5.04. The second kappa shape index (κ2) is 8.04. The topological polar surface area (TPSA) is 38.5 Å². The highest BCUT2D eigenvalue weighted by Crippen LogP contribution is 2.23. The fourth-order valence-electron chi connectivity index (χ4n) is 2.45. The monoisotopic (exact) mass is 228 g/mol. The van der Waals surface area contributed by atoms with Crippen LogP contribution in [0.4, 0.5) is 0 Å². The fourth-order valence-corrected chi connectivity index (χ4v) is 2.45. The maximum absolute atomic E-state index is 5.64. The lowest BCUT2D eigenvalue weighted by Crippen LogP contribution is -2.37. The molecular formula is C13H28N2O. The van der Waals surface area contributed by atoms with E-state index in [2.05, 4.69) is 18.7 Å². The van der Waals surface area contributed by atoms with Crippen LogP contribution in [0, 0.1) is 0 Å². The minimum Gasteiger partial charge on any atom is -0.377 e. The Morgan fingerprint density at radius 2 is 1.94 bits per heavy atom. The van der Waals surface area contributed by atoms with Gasteiger partial charge in [-0.1, -0.05) is 12.8 Å². The van der Waals surface area contributed by atoms with E-state index >= 15 is 0 Å². The molecule has 1 aliphatic rings. The molecule has 0 atom stereocenters. The maximum Gasteiger partial charge on any atom is 0.0597 e. The van der Waals surface area contributed by atoms with Crippen molar-refractivity contribution in [2.75, 3.05) is 26.2 Å². The number of nitrogens with two attached hydrogens (primary N) is 1. The molecular weight excluding hydrogens is 200 g/mol. The summed E-state index contributed by atoms with van der Waals surface area (Å²) in [5, 5.41) is 0. The van der Waals surface area contributed by atoms with Gasteiger partial charge in [-0.25, -0.2) is 0 Å². The Morgan fingerprint density at radius 3 is 2.50 bits per heavy atom. The Balaban J connectivity index is 2.25. The average Bonchev–Trinajstić information content (AvgIpc) is 2.75. The molecule has 96 valence electrons. The zero-order chi connectivity index (χ0) is 11.8. The SMILES string of the molecule is CC(C)OCCN(CCCN)C1CCCC1. The molecule has 0 unspecified atom stereocenters. The van der Waals surface area contributed by atoms with Crippen LogP contribution in [-0.4, -0.2) is 43.3 Å². The van der Waals surface area contributed by atoms with Gasteiger partial charge in [0.05, 0.1) is 12.7 Å². The lowest BCUT2D eigenvalue weighted by Gasteiger charge is -2.28. The van der Waals surface area contributed by atoms with E-state index in [0.29, 0.717) is 6.10 Å². The molecule has 1 rings (SSSR count). The van der Waals surface area contributed by atoms with E-state index in [4.69, 9.17) is 10.5 Å². The zero-order valence-electron chi connectivity index (χ0n) is 11.0. The molecule has 16 heavy (non-hydrogen) atoms. The normalized spacial score (nSPS) is 17.8. The van der Waals surface area contributed by atoms with Crippen LogP contribution in [0.15, 0.2) is 0 Å². The van der Waals surface area contributed by atoms with E-state index in [1.54, 1.807) is 0 Å². The Labute approximate surface area is 100 Å². The third-order valence-electron chi connectivity index (χ3n) is 3.32. The van der Waals surface area contributed by atoms with Gasteiger partial charge in [0.2, 0.25) is 0 Å². The van der Waals surface area contributed by atoms with Crippen LogP contribution in [0.2, 0.25) is 0 Å². The van der Waals surface area contributed by atoms with Crippen LogP contribution < -0.4 is 5.73 Å². The van der Waals surface area contributed by atoms with E-state index in [9.17, 15) is 0 Å². The van der Waals surface area contributed by atoms with Gasteiger partial charge in [-0.05, 0) is 46.2 Å². The van der Waals surface area contributed by atoms with Crippen molar-refractivity contribution in [1.82, 2.24) is 4.90 Å². The summed E-state index contributed by atoms with van der Waals surface area (Å²) in [7, 11) is 0. The lowest BCUT2D eigenvalue weighted by molar-refractivity contribution is 0.0490. The predicted octanol–water partition coefficient (Wildman–Crippen LogP) is 2.00. The first-order chi connectivity index (χ1) is 7.74. The van der Waals surface area contributed by atoms with Gasteiger partial charge in [0, 0.05) is 12.6 Å². The fraction of sp³-hybridized carbons (Fsp3) is 1.00. The Kier molecular flexibility index (Phi) is 7.01. The second-order valence-corrected chi connectivity index (χ2v) is 5.04. The van der Waals surface area contributed by atoms with E-state index in [-0.39, 0.29) is 0 Å². The Bertz CT molecular complexity index is 167. The molecule has 0 radical (unpaired) electrons. The molecule has 0 bridgehead atoms. The number of ether oxygens (including phenoxy) is 1. The van der Waals surface area contributed by atoms with Gasteiger partial charge >= 0.3 is 0 Å². The maximum atomic E-state index is 5.64. The molecule has 0 aromatic rings. The first kappa shape index (κ1) is 13.9. The molecule has 0 heterocycles. The van der Waals surface area contributed by atoms with Crippen LogP contribution in [0.1, 0.15) is 46.0 Å². The zero-order valence-corrected chi connectivity index (χ0v) is 11.0. The summed E-state index contributed by atoms with van der Waals surface area (Å²) in [6.07, 6.45) is 6.99. The van der Waals surface area contributed by atoms with Crippen LogP contribution in [0.25, 0.3) is 0 Å². The van der Waals surface area contributed by atoms with Crippen LogP contribution in [0.5, 0.6) is 0 Å². The Morgan fingerprint density at radius 1 is 1.25 bits per heavy atom. The first-order valence-corrected chi connectivity index (χ1v) is 6.79. The molecule has 1 saturated carbocycles. The van der Waals surface area contributed by atoms with Gasteiger partial charge in [-0.15, -0.1) is 0 Å². The molecule has 1 fully saturated rings. The van der Waals surface area contributed by atoms with Crippen molar-refractivity contribution in [3.05, 3.63) is 0 Å². The molecule has 0 spiro atoms. The lowest BCUT2D eigenvalue weighted by atomic mass is 10.2. The summed E-state index contributed by atoms with van der Waals surface area (Å²) in [6.45, 7) is 8.07. The molecule has 3 heteroatoms. The van der Waals surface area contributed by atoms with Crippen LogP contribution in [-0.2, 0) is 4.74 Å². The van der Waals surface area contributed by atoms with Crippen molar-refractivity contribution < 1.29 is 4.74 Å². The number of hydrogen-bond donors (Lipinski definition) is 1. The van der Waals surface area contributed by atoms with E-state index < -0.39 is 0 Å². The van der Waals surface area contributed by atoms with Gasteiger partial charge in [0.25, 0.3) is 0 Å². The van der Waals surface area contributed by atoms with E-state index in [1.807, 2.05) is 0 Å². The third-order valence-corrected chi connectivity index (χ3v) is 3.32. The van der Waals surface area contributed by atoms with Crippen molar-refractivity contribution in [3.63, 3.8) is 0 Å². The number of nitrogens with zero attached hydrogens (tertiary/aromatic N) is 1. The van der Waals surface area contributed by atoms with Crippen LogP contribution in [0.3, 0.4) is 0 Å². The summed E-state index contributed by atoms with van der Waals surface area (Å²) < 4.78 is 5.64. The highest BCUT2D eigenvalue weighted by molar-refractivity contribution is 4.77. The smallest absolute Gasteiger partial charge is 0.0597 e. The van der Waals surface area contributed by atoms with Crippen molar-refractivity contribution >= 4 is 0 Å². The summed E-state index contributed by atoms with van der Waals surface area (Å²) in [6, 6.07) is 0.794. The quantitative estimate of drug-likeness (QED) is 0.690. The summed E-state index contributed by atoms with van der Waals surface area (Å²) >= 11 is 0. The molecule has 0 aliphatic heterocycles. The molecule has 0 aromatic carbocycles. The van der Waals surface area contributed by atoms with Gasteiger partial charge in [-0.3, -0.25) is 4.90 Å². The average molecular weight is 228 g/mol. The van der Waals surface area contributed by atoms with Crippen molar-refractivity contribution in [3.8, 4) is 0 Å². The summed E-state index contributed by atoms with van der Waals surface area (Å²) in [4.78, 5) is 2.59. The van der Waals surface area contributed by atoms with E-state index in [0.717, 1.165) is 38.7 Å². The molecule has 2 N–H and O–H groups in total. The minimum absolute atomic E-state index is 0.347. The van der Waals surface area contributed by atoms with Crippen molar-refractivity contribution in [2.24, 2.45) is 5.73 Å². The molecule has 0 amide bonds. The highest BCUT2D eigenvalue weighted by atomic mass is 16.5. The van der Waals surface area contributed by atoms with Gasteiger partial charge in [0.1, 0.15) is 0 Å². The van der Waals surface area contributed by atoms with Crippen molar-refractivity contribution in [2.45, 2.75) is 58.1 Å². The molecule has 0 saturated heterocycles. The van der Waals surface area contributed by atoms with Crippen LogP contribution >= 0.6 is 0 Å². The Hall–Kier alpha value is -0.120. The standard InChI is InChI=1S/C13H28N2O/c1-12(2)16-11-10-15(9-5-8-14)13-6-3-4-7-13/h12-13H,3-11,14H2,1-2H3. The highest BCUT2D eigenvalue weighted by Gasteiger charge is 2.21. The molecule has 3 nitrogen and oxygen atoms in total. The minimum atomic E-state index is 0.347. The number of rotatable bonds is 8. The summed E-state index contributed by atoms with van der Waals surface area (Å²) in [5.74, 6) is 0. The molecule has 0 aromatic heterocycles. The van der Waals surface area contributed by atoms with Crippen molar-refractivity contribution in [1.29, 1.82) is 0 Å². The largest absolute Gasteiger partial charge is 0.377 e. The third kappa shape index (κ3) is 5.28.